The first-order valence-electron chi connectivity index (χ1n) is 9.82. The van der Waals surface area contributed by atoms with Gasteiger partial charge in [0.25, 0.3) is 0 Å². The van der Waals surface area contributed by atoms with Gasteiger partial charge in [0.15, 0.2) is 0 Å². The molecule has 2 fully saturated rings. The molecule has 0 spiro atoms. The maximum absolute atomic E-state index is 11.5. The average Bonchev–Trinajstić information content (AvgIpc) is 2.72. The van der Waals surface area contributed by atoms with Crippen LogP contribution in [-0.4, -0.2) is 63.5 Å². The van der Waals surface area contributed by atoms with Crippen molar-refractivity contribution in [3.8, 4) is 11.1 Å². The van der Waals surface area contributed by atoms with Crippen molar-refractivity contribution in [3.63, 3.8) is 0 Å². The molecular weight excluding hydrogens is 372 g/mol. The Hall–Kier alpha value is -0.980. The molecule has 27 heavy (non-hydrogen) atoms. The van der Waals surface area contributed by atoms with E-state index in [4.69, 9.17) is 0 Å². The minimum absolute atomic E-state index is 0.598. The molecule has 2 aliphatic heterocycles. The first-order valence-corrected chi connectivity index (χ1v) is 12.5. The highest BCUT2D eigenvalue weighted by Gasteiger charge is 2.19. The minimum atomic E-state index is -0.598. The van der Waals surface area contributed by atoms with Gasteiger partial charge in [-0.3, -0.25) is 9.80 Å². The zero-order valence-corrected chi connectivity index (χ0v) is 17.4. The number of nitrogens with zero attached hydrogens (tertiary/aromatic N) is 2. The molecule has 0 bridgehead atoms. The Morgan fingerprint density at radius 1 is 0.704 bits per heavy atom. The van der Waals surface area contributed by atoms with E-state index in [1.807, 2.05) is 0 Å². The molecule has 0 N–H and O–H groups in total. The number of benzene rings is 2. The molecule has 2 aromatic rings. The van der Waals surface area contributed by atoms with Gasteiger partial charge in [0, 0.05) is 50.8 Å². The molecule has 0 saturated carbocycles. The molecule has 2 aliphatic rings. The van der Waals surface area contributed by atoms with Crippen LogP contribution in [0.1, 0.15) is 11.1 Å². The molecule has 2 heterocycles. The Kier molecular flexibility index (Phi) is 6.79. The zero-order valence-electron chi connectivity index (χ0n) is 15.8. The van der Waals surface area contributed by atoms with Gasteiger partial charge >= 0.3 is 0 Å². The summed E-state index contributed by atoms with van der Waals surface area (Å²) in [6, 6.07) is 18.0. The van der Waals surface area contributed by atoms with E-state index in [0.29, 0.717) is 0 Å². The normalized spacial score (nSPS) is 20.0. The monoisotopic (exact) mass is 400 g/mol. The predicted molar refractivity (Wildman–Crippen MR) is 118 cm³/mol. The first-order chi connectivity index (χ1) is 13.3. The van der Waals surface area contributed by atoms with Crippen LogP contribution in [-0.2, 0) is 24.3 Å². The van der Waals surface area contributed by atoms with Gasteiger partial charge < -0.3 is 4.55 Å². The number of hydrogen-bond acceptors (Lipinski definition) is 4. The summed E-state index contributed by atoms with van der Waals surface area (Å²) in [6.07, 6.45) is 0. The lowest BCUT2D eigenvalue weighted by Gasteiger charge is -2.28. The molecule has 2 saturated heterocycles. The summed E-state index contributed by atoms with van der Waals surface area (Å²) in [5.74, 6) is 4.17. The van der Waals surface area contributed by atoms with Gasteiger partial charge in [-0.15, -0.1) is 0 Å². The second-order valence-corrected chi connectivity index (χ2v) is 10.3. The van der Waals surface area contributed by atoms with Gasteiger partial charge in [0.1, 0.15) is 11.5 Å². The van der Waals surface area contributed by atoms with E-state index in [-0.39, 0.29) is 0 Å². The third-order valence-electron chi connectivity index (χ3n) is 5.43. The third-order valence-corrected chi connectivity index (χ3v) is 7.65. The van der Waals surface area contributed by atoms with Crippen molar-refractivity contribution >= 4 is 22.9 Å². The van der Waals surface area contributed by atoms with E-state index < -0.39 is 11.2 Å². The Morgan fingerprint density at radius 2 is 1.15 bits per heavy atom. The highest BCUT2D eigenvalue weighted by atomic mass is 32.2. The van der Waals surface area contributed by atoms with Crippen LogP contribution in [0.2, 0.25) is 0 Å². The number of hydrogen-bond donors (Lipinski definition) is 0. The average molecular weight is 401 g/mol. The molecular formula is C22H28N2OS2. The van der Waals surface area contributed by atoms with E-state index in [0.717, 1.165) is 37.7 Å². The summed E-state index contributed by atoms with van der Waals surface area (Å²) in [4.78, 5) is 4.96. The van der Waals surface area contributed by atoms with E-state index in [2.05, 4.69) is 70.1 Å². The molecule has 144 valence electrons. The van der Waals surface area contributed by atoms with E-state index in [9.17, 15) is 4.55 Å². The summed E-state index contributed by atoms with van der Waals surface area (Å²) in [5.41, 5.74) is 5.31. The molecule has 5 heteroatoms. The summed E-state index contributed by atoms with van der Waals surface area (Å²) in [5, 5.41) is 0. The summed E-state index contributed by atoms with van der Waals surface area (Å²) >= 11 is 1.46. The van der Waals surface area contributed by atoms with Crippen LogP contribution in [0.4, 0.5) is 0 Å². The molecule has 0 aromatic heterocycles. The largest absolute Gasteiger partial charge is 0.616 e. The van der Waals surface area contributed by atoms with Crippen molar-refractivity contribution in [2.45, 2.75) is 13.1 Å². The summed E-state index contributed by atoms with van der Waals surface area (Å²) in [6.45, 7) is 6.35. The molecule has 4 rings (SSSR count). The van der Waals surface area contributed by atoms with Crippen molar-refractivity contribution in [2.24, 2.45) is 0 Å². The Labute approximate surface area is 170 Å². The molecule has 0 amide bonds. The third kappa shape index (κ3) is 5.52. The van der Waals surface area contributed by atoms with Crippen LogP contribution in [0.5, 0.6) is 0 Å². The Bertz CT molecular complexity index is 706. The fourth-order valence-electron chi connectivity index (χ4n) is 3.71. The van der Waals surface area contributed by atoms with Crippen molar-refractivity contribution in [3.05, 3.63) is 59.7 Å². The lowest BCUT2D eigenvalue weighted by Crippen LogP contribution is -2.39. The van der Waals surface area contributed by atoms with Gasteiger partial charge in [-0.2, -0.15) is 11.8 Å². The first kappa shape index (κ1) is 19.3. The fourth-order valence-corrected chi connectivity index (χ4v) is 5.82. The van der Waals surface area contributed by atoms with E-state index >= 15 is 0 Å². The van der Waals surface area contributed by atoms with Crippen molar-refractivity contribution in [2.75, 3.05) is 49.2 Å². The van der Waals surface area contributed by atoms with Gasteiger partial charge in [-0.1, -0.05) is 59.7 Å². The fraction of sp³-hybridized carbons (Fsp3) is 0.455. The smallest absolute Gasteiger partial charge is 0.118 e. The van der Waals surface area contributed by atoms with Gasteiger partial charge in [0.2, 0.25) is 0 Å². The van der Waals surface area contributed by atoms with Crippen LogP contribution in [0.15, 0.2) is 48.5 Å². The quantitative estimate of drug-likeness (QED) is 0.719. The highest BCUT2D eigenvalue weighted by molar-refractivity contribution is 7.99. The summed E-state index contributed by atoms with van der Waals surface area (Å²) in [7, 11) is 0. The number of rotatable bonds is 5. The highest BCUT2D eigenvalue weighted by Crippen LogP contribution is 2.22. The predicted octanol–water partition coefficient (Wildman–Crippen LogP) is 3.47. The Balaban J connectivity index is 1.34. The maximum Gasteiger partial charge on any atom is 0.118 e. The van der Waals surface area contributed by atoms with Crippen LogP contribution < -0.4 is 0 Å². The lowest BCUT2D eigenvalue weighted by atomic mass is 10.0. The topological polar surface area (TPSA) is 29.5 Å². The van der Waals surface area contributed by atoms with Crippen LogP contribution in [0.3, 0.4) is 0 Å². The molecule has 3 nitrogen and oxygen atoms in total. The lowest BCUT2D eigenvalue weighted by molar-refractivity contribution is 0.287. The van der Waals surface area contributed by atoms with Crippen molar-refractivity contribution in [1.82, 2.24) is 9.80 Å². The zero-order chi connectivity index (χ0) is 18.5. The second-order valence-electron chi connectivity index (χ2n) is 7.41. The minimum Gasteiger partial charge on any atom is -0.616 e. The van der Waals surface area contributed by atoms with E-state index in [1.165, 1.54) is 46.8 Å². The maximum atomic E-state index is 11.5. The standard InChI is InChI=1S/C22H28N2OS2/c25-27-15-11-24(12-16-27)18-20-3-7-22(8-4-20)21-5-1-19(2-6-21)17-23-9-13-26-14-10-23/h1-8H,9-18H2. The number of thioether (sulfide) groups is 1. The molecule has 0 atom stereocenters. The second kappa shape index (κ2) is 9.48. The molecule has 0 radical (unpaired) electrons. The molecule has 0 unspecified atom stereocenters. The van der Waals surface area contributed by atoms with Crippen LogP contribution in [0, 0.1) is 0 Å². The molecule has 2 aromatic carbocycles. The van der Waals surface area contributed by atoms with Crippen molar-refractivity contribution < 1.29 is 4.55 Å². The molecule has 0 aliphatic carbocycles. The summed E-state index contributed by atoms with van der Waals surface area (Å²) < 4.78 is 11.5. The van der Waals surface area contributed by atoms with E-state index in [1.54, 1.807) is 0 Å². The van der Waals surface area contributed by atoms with Crippen molar-refractivity contribution in [1.29, 1.82) is 0 Å². The van der Waals surface area contributed by atoms with Crippen LogP contribution in [0.25, 0.3) is 11.1 Å². The SMILES string of the molecule is [O-][S+]1CCN(Cc2ccc(-c3ccc(CN4CCSCC4)cc3)cc2)CC1. The van der Waals surface area contributed by atoms with Gasteiger partial charge in [-0.05, 0) is 22.3 Å². The Morgan fingerprint density at radius 3 is 1.63 bits per heavy atom. The van der Waals surface area contributed by atoms with Crippen LogP contribution >= 0.6 is 11.8 Å². The van der Waals surface area contributed by atoms with Gasteiger partial charge in [-0.25, -0.2) is 0 Å². The van der Waals surface area contributed by atoms with Gasteiger partial charge in [0.05, 0.1) is 0 Å².